The smallest absolute Gasteiger partial charge is 0.373 e. The van der Waals surface area contributed by atoms with Crippen molar-refractivity contribution in [1.29, 1.82) is 0 Å². The molecule has 39 heavy (non-hydrogen) atoms. The van der Waals surface area contributed by atoms with Gasteiger partial charge in [-0.1, -0.05) is 54.9 Å². The number of rotatable bonds is 9. The number of carbonyl (C=O) groups excluding carboxylic acids is 1. The minimum absolute atomic E-state index is 0.176. The van der Waals surface area contributed by atoms with E-state index < -0.39 is 17.5 Å². The van der Waals surface area contributed by atoms with Crippen LogP contribution in [0.15, 0.2) is 85.1 Å². The first-order chi connectivity index (χ1) is 18.9. The molecular weight excluding hydrogens is 519 g/mol. The molecule has 0 spiro atoms. The molecule has 5 rings (SSSR count). The van der Waals surface area contributed by atoms with Gasteiger partial charge in [-0.25, -0.2) is 13.9 Å². The van der Waals surface area contributed by atoms with Gasteiger partial charge in [0, 0.05) is 23.5 Å². The van der Waals surface area contributed by atoms with Gasteiger partial charge in [-0.05, 0) is 73.4 Å². The fraction of sp³-hybridized carbons (Fsp3) is 0.290. The van der Waals surface area contributed by atoms with Gasteiger partial charge < -0.3 is 4.74 Å². The molecule has 3 unspecified atom stereocenters. The van der Waals surface area contributed by atoms with Gasteiger partial charge in [0.25, 0.3) is 0 Å². The van der Waals surface area contributed by atoms with Crippen molar-refractivity contribution in [3.05, 3.63) is 118 Å². The average molecular weight is 549 g/mol. The monoisotopic (exact) mass is 548 g/mol. The summed E-state index contributed by atoms with van der Waals surface area (Å²) in [6.07, 6.45) is 2.86. The van der Waals surface area contributed by atoms with Crippen LogP contribution in [-0.2, 0) is 27.4 Å². The molecule has 8 heteroatoms. The second-order valence-corrected chi connectivity index (χ2v) is 10.5. The van der Waals surface area contributed by atoms with Gasteiger partial charge in [-0.3, -0.25) is 4.89 Å². The topological polar surface area (TPSA) is 62.6 Å². The van der Waals surface area contributed by atoms with Crippen molar-refractivity contribution >= 4 is 17.6 Å². The lowest BCUT2D eigenvalue weighted by Gasteiger charge is -2.41. The normalized spacial score (nSPS) is 19.3. The number of benzene rings is 3. The van der Waals surface area contributed by atoms with Crippen molar-refractivity contribution in [3.63, 3.8) is 0 Å². The first-order valence-corrected chi connectivity index (χ1v) is 13.4. The lowest BCUT2D eigenvalue weighted by Crippen LogP contribution is -2.44. The number of aromatic nitrogens is 2. The molecule has 1 aliphatic rings. The van der Waals surface area contributed by atoms with Gasteiger partial charge in [-0.2, -0.15) is 9.99 Å². The van der Waals surface area contributed by atoms with Gasteiger partial charge in [0.1, 0.15) is 11.9 Å². The summed E-state index contributed by atoms with van der Waals surface area (Å²) in [6, 6.07) is 22.8. The van der Waals surface area contributed by atoms with Crippen molar-refractivity contribution in [2.24, 2.45) is 5.41 Å². The minimum atomic E-state index is -0.623. The molecular formula is C31H30ClFN2O4. The Morgan fingerprint density at radius 2 is 1.90 bits per heavy atom. The molecule has 1 aromatic heterocycles. The maximum atomic E-state index is 13.6. The van der Waals surface area contributed by atoms with E-state index in [0.29, 0.717) is 36.5 Å². The Labute approximate surface area is 232 Å². The van der Waals surface area contributed by atoms with E-state index in [-0.39, 0.29) is 11.9 Å². The van der Waals surface area contributed by atoms with Gasteiger partial charge in [-0.15, -0.1) is 0 Å². The highest BCUT2D eigenvalue weighted by atomic mass is 35.5. The largest absolute Gasteiger partial charge is 0.374 e. The van der Waals surface area contributed by atoms with Crippen LogP contribution >= 0.6 is 11.6 Å². The molecule has 0 amide bonds. The zero-order valence-electron chi connectivity index (χ0n) is 21.8. The third-order valence-corrected chi connectivity index (χ3v) is 7.50. The van der Waals surface area contributed by atoms with E-state index >= 15 is 0 Å². The summed E-state index contributed by atoms with van der Waals surface area (Å²) in [6.45, 7) is 4.65. The average Bonchev–Trinajstić information content (AvgIpc) is 3.34. The summed E-state index contributed by atoms with van der Waals surface area (Å²) in [5.41, 5.74) is 3.64. The number of halogens is 2. The van der Waals surface area contributed by atoms with Crippen LogP contribution in [-0.4, -0.2) is 28.5 Å². The van der Waals surface area contributed by atoms with Gasteiger partial charge in [0.2, 0.25) is 0 Å². The molecule has 4 aromatic rings. The third-order valence-electron chi connectivity index (χ3n) is 7.27. The third kappa shape index (κ3) is 6.06. The fourth-order valence-corrected chi connectivity index (χ4v) is 5.42. The summed E-state index contributed by atoms with van der Waals surface area (Å²) < 4.78 is 21.6. The summed E-state index contributed by atoms with van der Waals surface area (Å²) in [5, 5.41) is 5.04. The molecule has 0 fully saturated rings. The van der Waals surface area contributed by atoms with Crippen molar-refractivity contribution in [2.45, 2.75) is 45.3 Å². The molecule has 0 aliphatic heterocycles. The molecule has 0 saturated carbocycles. The van der Waals surface area contributed by atoms with E-state index in [9.17, 15) is 9.18 Å². The molecule has 0 saturated heterocycles. The molecule has 202 valence electrons. The van der Waals surface area contributed by atoms with Gasteiger partial charge >= 0.3 is 5.97 Å². The second kappa shape index (κ2) is 11.7. The number of nitrogens with zero attached hydrogens (tertiary/aromatic N) is 2. The van der Waals surface area contributed by atoms with Gasteiger partial charge in [0.05, 0.1) is 29.2 Å². The second-order valence-electron chi connectivity index (χ2n) is 10.1. The molecule has 0 bridgehead atoms. The van der Waals surface area contributed by atoms with Crippen LogP contribution in [0.4, 0.5) is 4.39 Å². The number of carbonyl (C=O) groups is 1. The van der Waals surface area contributed by atoms with Crippen molar-refractivity contribution in [3.8, 4) is 5.69 Å². The molecule has 6 nitrogen and oxygen atoms in total. The Balaban J connectivity index is 1.46. The van der Waals surface area contributed by atoms with E-state index in [2.05, 4.69) is 24.2 Å². The van der Waals surface area contributed by atoms with E-state index in [0.717, 1.165) is 22.5 Å². The molecule has 0 N–H and O–H groups in total. The van der Waals surface area contributed by atoms with Crippen molar-refractivity contribution in [2.75, 3.05) is 6.61 Å². The van der Waals surface area contributed by atoms with Crippen molar-refractivity contribution < 1.29 is 23.7 Å². The lowest BCUT2D eigenvalue weighted by molar-refractivity contribution is -0.301. The molecule has 0 radical (unpaired) electrons. The number of fused-ring (bicyclic) bond motifs is 1. The molecule has 1 aliphatic carbocycles. The number of ether oxygens (including phenoxy) is 1. The maximum Gasteiger partial charge on any atom is 0.373 e. The maximum absolute atomic E-state index is 13.6. The minimum Gasteiger partial charge on any atom is -0.374 e. The van der Waals surface area contributed by atoms with Crippen LogP contribution in [0.2, 0.25) is 5.02 Å². The van der Waals surface area contributed by atoms with Gasteiger partial charge in [0.15, 0.2) is 0 Å². The van der Waals surface area contributed by atoms with Crippen LogP contribution in [0.3, 0.4) is 0 Å². The predicted molar refractivity (Wildman–Crippen MR) is 146 cm³/mol. The number of hydrogen-bond donors (Lipinski definition) is 0. The van der Waals surface area contributed by atoms with Crippen LogP contribution in [0.1, 0.15) is 53.6 Å². The Bertz CT molecular complexity index is 1430. The molecule has 1 heterocycles. The van der Waals surface area contributed by atoms with E-state index in [1.807, 2.05) is 31.3 Å². The Hall–Kier alpha value is -3.52. The van der Waals surface area contributed by atoms with Crippen LogP contribution in [0.5, 0.6) is 0 Å². The van der Waals surface area contributed by atoms with Crippen LogP contribution < -0.4 is 0 Å². The highest BCUT2D eigenvalue weighted by molar-refractivity contribution is 6.30. The van der Waals surface area contributed by atoms with Crippen LogP contribution in [0, 0.1) is 11.2 Å². The van der Waals surface area contributed by atoms with Crippen molar-refractivity contribution in [1.82, 2.24) is 9.78 Å². The van der Waals surface area contributed by atoms with E-state index in [1.54, 1.807) is 35.0 Å². The quantitative estimate of drug-likeness (QED) is 0.165. The summed E-state index contributed by atoms with van der Waals surface area (Å²) in [7, 11) is 0. The molecule has 3 aromatic carbocycles. The standard InChI is InChI=1S/C31H30ClFN2O4/c1-3-37-28(21-8-5-4-6-9-21)19-31(2)18-23-20-34-35(26-14-12-25(33)13-15-26)27(23)17-29(31)38-39-30(36)22-10-7-11-24(32)16-22/h4-16,20,28-29H,3,17-19H2,1-2H3. The molecule has 3 atom stereocenters. The zero-order chi connectivity index (χ0) is 27.4. The summed E-state index contributed by atoms with van der Waals surface area (Å²) in [5.74, 6) is -0.938. The summed E-state index contributed by atoms with van der Waals surface area (Å²) >= 11 is 6.06. The lowest BCUT2D eigenvalue weighted by atomic mass is 9.69. The SMILES string of the molecule is CCOC(CC1(C)Cc2cnn(-c3ccc(F)cc3)c2CC1OOC(=O)c1cccc(Cl)c1)c1ccccc1. The predicted octanol–water partition coefficient (Wildman–Crippen LogP) is 7.09. The zero-order valence-corrected chi connectivity index (χ0v) is 22.6. The Morgan fingerprint density at radius 3 is 2.62 bits per heavy atom. The summed E-state index contributed by atoms with van der Waals surface area (Å²) in [4.78, 5) is 24.2. The first kappa shape index (κ1) is 27.1. The number of hydrogen-bond acceptors (Lipinski definition) is 5. The highest BCUT2D eigenvalue weighted by Crippen LogP contribution is 2.45. The Kier molecular flexibility index (Phi) is 8.12. The van der Waals surface area contributed by atoms with Crippen LogP contribution in [0.25, 0.3) is 5.69 Å². The first-order valence-electron chi connectivity index (χ1n) is 13.0. The van der Waals surface area contributed by atoms with E-state index in [1.165, 1.54) is 18.2 Å². The van der Waals surface area contributed by atoms with E-state index in [4.69, 9.17) is 26.1 Å². The fourth-order valence-electron chi connectivity index (χ4n) is 5.23. The highest BCUT2D eigenvalue weighted by Gasteiger charge is 2.45. The Morgan fingerprint density at radius 1 is 1.13 bits per heavy atom.